The molecule has 0 aromatic heterocycles. The maximum Gasteiger partial charge on any atom is 0.395 e. The highest BCUT2D eigenvalue weighted by atomic mass is 19.3. The van der Waals surface area contributed by atoms with Crippen molar-refractivity contribution in [3.63, 3.8) is 0 Å². The lowest BCUT2D eigenvalue weighted by Gasteiger charge is -2.31. The summed E-state index contributed by atoms with van der Waals surface area (Å²) in [5, 5.41) is 0.628. The van der Waals surface area contributed by atoms with E-state index in [9.17, 15) is 30.7 Å². The van der Waals surface area contributed by atoms with Gasteiger partial charge in [0.15, 0.2) is 12.6 Å². The van der Waals surface area contributed by atoms with Crippen LogP contribution in [0, 0.1) is 0 Å². The Labute approximate surface area is 102 Å². The summed E-state index contributed by atoms with van der Waals surface area (Å²) in [5.41, 5.74) is 9.55. The zero-order valence-corrected chi connectivity index (χ0v) is 9.40. The van der Waals surface area contributed by atoms with Gasteiger partial charge in [0.05, 0.1) is 0 Å². The molecule has 5 nitrogen and oxygen atoms in total. The van der Waals surface area contributed by atoms with Crippen molar-refractivity contribution >= 4 is 11.9 Å². The number of alkyl halides is 7. The van der Waals surface area contributed by atoms with E-state index in [0.29, 0.717) is 5.32 Å². The van der Waals surface area contributed by atoms with Crippen LogP contribution >= 0.6 is 0 Å². The van der Waals surface area contributed by atoms with Gasteiger partial charge in [0.1, 0.15) is 0 Å². The molecule has 0 atom stereocenters. The average molecular weight is 297 g/mol. The van der Waals surface area contributed by atoms with Crippen LogP contribution in [0.2, 0.25) is 0 Å². The molecule has 0 aliphatic carbocycles. The van der Waals surface area contributed by atoms with Gasteiger partial charge in [0, 0.05) is 7.05 Å². The topological polar surface area (TPSA) is 88.8 Å². The Morgan fingerprint density at radius 3 is 1.89 bits per heavy atom. The van der Waals surface area contributed by atoms with E-state index in [0.717, 1.165) is 7.05 Å². The summed E-state index contributed by atoms with van der Waals surface area (Å²) < 4.78 is 88.4. The second-order valence-corrected chi connectivity index (χ2v) is 3.20. The lowest BCUT2D eigenvalue weighted by molar-refractivity contribution is -0.316. The molecule has 0 amide bonds. The Balaban J connectivity index is 5.34. The van der Waals surface area contributed by atoms with Gasteiger partial charge in [0.2, 0.25) is 5.96 Å². The second-order valence-electron chi connectivity index (χ2n) is 3.20. The summed E-state index contributed by atoms with van der Waals surface area (Å²) in [7, 11) is 0.830. The number of hydrogen-bond donors (Lipinski definition) is 3. The van der Waals surface area contributed by atoms with Crippen LogP contribution < -0.4 is 16.8 Å². The minimum absolute atomic E-state index is 0.628. The Morgan fingerprint density at radius 2 is 1.58 bits per heavy atom. The molecular formula is C7H10F7N5. The first-order valence-corrected chi connectivity index (χ1v) is 4.45. The molecule has 0 fully saturated rings. The summed E-state index contributed by atoms with van der Waals surface area (Å²) in [4.78, 5) is 5.80. The Hall–Kier alpha value is -1.75. The van der Waals surface area contributed by atoms with Crippen LogP contribution in [-0.4, -0.2) is 43.5 Å². The minimum atomic E-state index is -6.02. The predicted molar refractivity (Wildman–Crippen MR) is 53.1 cm³/mol. The van der Waals surface area contributed by atoms with Crippen molar-refractivity contribution < 1.29 is 30.7 Å². The van der Waals surface area contributed by atoms with Gasteiger partial charge in [-0.25, -0.2) is 4.39 Å². The Morgan fingerprint density at radius 1 is 1.11 bits per heavy atom. The van der Waals surface area contributed by atoms with E-state index in [1.165, 1.54) is 0 Å². The van der Waals surface area contributed by atoms with E-state index >= 15 is 0 Å². The van der Waals surface area contributed by atoms with Crippen molar-refractivity contribution in [1.29, 1.82) is 0 Å². The molecule has 0 aliphatic heterocycles. The molecule has 112 valence electrons. The number of hydrogen-bond acceptors (Lipinski definition) is 1. The van der Waals surface area contributed by atoms with Gasteiger partial charge < -0.3 is 11.5 Å². The van der Waals surface area contributed by atoms with Gasteiger partial charge in [-0.2, -0.15) is 31.3 Å². The fourth-order valence-corrected chi connectivity index (χ4v) is 0.789. The van der Waals surface area contributed by atoms with Gasteiger partial charge in [-0.05, 0) is 0 Å². The van der Waals surface area contributed by atoms with Crippen LogP contribution in [0.25, 0.3) is 0 Å². The lowest BCUT2D eigenvalue weighted by Crippen LogP contribution is -2.62. The summed E-state index contributed by atoms with van der Waals surface area (Å²) in [6.07, 6.45) is 0. The van der Waals surface area contributed by atoms with Crippen molar-refractivity contribution in [2.75, 3.05) is 13.7 Å². The number of nitrogens with two attached hydrogens (primary N) is 2. The number of rotatable bonds is 4. The quantitative estimate of drug-likeness (QED) is 0.308. The second kappa shape index (κ2) is 5.48. The maximum absolute atomic E-state index is 13.0. The summed E-state index contributed by atoms with van der Waals surface area (Å²) in [6, 6.07) is -5.53. The fourth-order valence-electron chi connectivity index (χ4n) is 0.789. The third-order valence-electron chi connectivity index (χ3n) is 1.74. The fraction of sp³-hybridized carbons (Fsp3) is 0.714. The summed E-state index contributed by atoms with van der Waals surface area (Å²) in [6.45, 7) is -2.97. The third kappa shape index (κ3) is 3.61. The van der Waals surface area contributed by atoms with E-state index in [1.54, 1.807) is 0 Å². The predicted octanol–water partition coefficient (Wildman–Crippen LogP) is 0.668. The van der Waals surface area contributed by atoms with Gasteiger partial charge in [0.25, 0.3) is 0 Å². The zero-order valence-electron chi connectivity index (χ0n) is 9.40. The zero-order chi connectivity index (χ0) is 15.5. The van der Waals surface area contributed by atoms with Crippen LogP contribution in [0.1, 0.15) is 0 Å². The van der Waals surface area contributed by atoms with Crippen LogP contribution in [0.4, 0.5) is 30.7 Å². The lowest BCUT2D eigenvalue weighted by atomic mass is 10.1. The first-order chi connectivity index (χ1) is 8.41. The van der Waals surface area contributed by atoms with Crippen molar-refractivity contribution in [1.82, 2.24) is 5.32 Å². The molecule has 0 aromatic rings. The van der Waals surface area contributed by atoms with Crippen LogP contribution in [0.5, 0.6) is 0 Å². The molecule has 0 spiro atoms. The van der Waals surface area contributed by atoms with E-state index in [4.69, 9.17) is 11.5 Å². The molecule has 19 heavy (non-hydrogen) atoms. The Bertz CT molecular complexity index is 374. The normalized spacial score (nSPS) is 14.2. The standard InChI is InChI=1S/C7H10F7N5/c1-17-4(18-3(15)16)19-7(13,14)6(11,12)5(9,10)2-8/h2H2,1H3,(H5,15,16,17,18,19). The molecule has 0 bridgehead atoms. The number of nitrogens with zero attached hydrogens (tertiary/aromatic N) is 2. The van der Waals surface area contributed by atoms with Gasteiger partial charge >= 0.3 is 17.9 Å². The number of aliphatic imine (C=N–C) groups is 2. The molecule has 0 rings (SSSR count). The van der Waals surface area contributed by atoms with Crippen molar-refractivity contribution in [2.45, 2.75) is 17.9 Å². The molecule has 5 N–H and O–H groups in total. The van der Waals surface area contributed by atoms with E-state index in [1.807, 2.05) is 0 Å². The van der Waals surface area contributed by atoms with Gasteiger partial charge in [-0.3, -0.25) is 10.3 Å². The average Bonchev–Trinajstić information content (AvgIpc) is 2.26. The molecule has 0 saturated carbocycles. The molecule has 0 aliphatic rings. The molecule has 0 aromatic carbocycles. The smallest absolute Gasteiger partial charge is 0.370 e. The molecular weight excluding hydrogens is 287 g/mol. The highest BCUT2D eigenvalue weighted by Crippen LogP contribution is 2.44. The van der Waals surface area contributed by atoms with Crippen LogP contribution in [0.15, 0.2) is 9.98 Å². The first-order valence-electron chi connectivity index (χ1n) is 4.45. The largest absolute Gasteiger partial charge is 0.395 e. The molecule has 0 heterocycles. The highest BCUT2D eigenvalue weighted by molar-refractivity contribution is 5.93. The van der Waals surface area contributed by atoms with Crippen LogP contribution in [0.3, 0.4) is 0 Å². The van der Waals surface area contributed by atoms with Crippen LogP contribution in [-0.2, 0) is 0 Å². The van der Waals surface area contributed by atoms with Crippen molar-refractivity contribution in [3.05, 3.63) is 0 Å². The van der Waals surface area contributed by atoms with E-state index in [2.05, 4.69) is 9.98 Å². The minimum Gasteiger partial charge on any atom is -0.370 e. The SMILES string of the molecule is CN=C(N=C(N)N)NC(F)(F)C(F)(F)C(F)(F)CF. The number of guanidine groups is 2. The van der Waals surface area contributed by atoms with Crippen molar-refractivity contribution in [3.8, 4) is 0 Å². The molecule has 0 saturated heterocycles. The van der Waals surface area contributed by atoms with Gasteiger partial charge in [-0.15, -0.1) is 0 Å². The van der Waals surface area contributed by atoms with Crippen molar-refractivity contribution in [2.24, 2.45) is 21.5 Å². The molecule has 0 unspecified atom stereocenters. The molecule has 12 heteroatoms. The summed E-state index contributed by atoms with van der Waals surface area (Å²) >= 11 is 0. The highest BCUT2D eigenvalue weighted by Gasteiger charge is 2.72. The third-order valence-corrected chi connectivity index (χ3v) is 1.74. The monoisotopic (exact) mass is 297 g/mol. The van der Waals surface area contributed by atoms with E-state index < -0.39 is 36.5 Å². The number of nitrogens with one attached hydrogen (secondary N) is 1. The summed E-state index contributed by atoms with van der Waals surface area (Å²) in [5.74, 6) is -13.7. The number of halogens is 7. The Kier molecular flexibility index (Phi) is 4.98. The van der Waals surface area contributed by atoms with Gasteiger partial charge in [-0.1, -0.05) is 0 Å². The maximum atomic E-state index is 13.0. The first kappa shape index (κ1) is 17.2. The van der Waals surface area contributed by atoms with E-state index in [-0.39, 0.29) is 0 Å². The molecule has 0 radical (unpaired) electrons.